The van der Waals surface area contributed by atoms with Crippen molar-refractivity contribution in [1.29, 1.82) is 0 Å². The molecule has 0 spiro atoms. The third-order valence-electron chi connectivity index (χ3n) is 3.04. The van der Waals surface area contributed by atoms with E-state index in [0.29, 0.717) is 25.1 Å². The molecule has 1 rings (SSSR count). The highest BCUT2D eigenvalue weighted by molar-refractivity contribution is 5.67. The number of halogens is 1. The summed E-state index contributed by atoms with van der Waals surface area (Å²) < 4.78 is 24.1. The summed E-state index contributed by atoms with van der Waals surface area (Å²) in [6.07, 6.45) is 1.62. The molecule has 5 nitrogen and oxygen atoms in total. The Morgan fingerprint density at radius 2 is 2.17 bits per heavy atom. The van der Waals surface area contributed by atoms with Crippen LogP contribution in [0.2, 0.25) is 0 Å². The Balaban J connectivity index is 2.55. The number of ether oxygens (including phenoxy) is 2. The van der Waals surface area contributed by atoms with E-state index in [9.17, 15) is 9.18 Å². The first-order valence-corrected chi connectivity index (χ1v) is 7.90. The number of aryl methyl sites for hydroxylation is 1. The van der Waals surface area contributed by atoms with Crippen LogP contribution in [-0.4, -0.2) is 36.1 Å². The highest BCUT2D eigenvalue weighted by Gasteiger charge is 2.15. The average Bonchev–Trinajstić information content (AvgIpc) is 2.49. The lowest BCUT2D eigenvalue weighted by Gasteiger charge is -2.20. The minimum Gasteiger partial charge on any atom is -0.484 e. The number of rotatable bonds is 8. The predicted molar refractivity (Wildman–Crippen MR) is 90.7 cm³/mol. The maximum absolute atomic E-state index is 13.4. The van der Waals surface area contributed by atoms with Crippen molar-refractivity contribution >= 4 is 6.09 Å². The third kappa shape index (κ3) is 7.46. The highest BCUT2D eigenvalue weighted by Crippen LogP contribution is 2.23. The molecule has 134 valence electrons. The predicted octanol–water partition coefficient (Wildman–Crippen LogP) is 3.21. The number of aliphatic hydroxyl groups excluding tert-OH is 1. The van der Waals surface area contributed by atoms with Crippen LogP contribution in [0.1, 0.15) is 32.8 Å². The lowest BCUT2D eigenvalue weighted by Crippen LogP contribution is -2.33. The van der Waals surface area contributed by atoms with Crippen molar-refractivity contribution in [3.05, 3.63) is 42.2 Å². The number of amides is 1. The minimum absolute atomic E-state index is 0.236. The Bertz CT molecular complexity index is 554. The first-order valence-electron chi connectivity index (χ1n) is 7.90. The topological polar surface area (TPSA) is 67.8 Å². The molecular weight excluding hydrogens is 313 g/mol. The summed E-state index contributed by atoms with van der Waals surface area (Å²) in [5.74, 6) is -0.0485. The van der Waals surface area contributed by atoms with Gasteiger partial charge in [-0.3, -0.25) is 0 Å². The van der Waals surface area contributed by atoms with E-state index in [2.05, 4.69) is 11.9 Å². The highest BCUT2D eigenvalue weighted by atomic mass is 19.1. The van der Waals surface area contributed by atoms with Crippen molar-refractivity contribution in [2.75, 3.05) is 13.2 Å². The second-order valence-electron chi connectivity index (χ2n) is 6.36. The van der Waals surface area contributed by atoms with Gasteiger partial charge in [0.1, 0.15) is 23.3 Å². The van der Waals surface area contributed by atoms with E-state index in [0.717, 1.165) is 5.56 Å². The smallest absolute Gasteiger partial charge is 0.407 e. The summed E-state index contributed by atoms with van der Waals surface area (Å²) in [6.45, 7) is 9.15. The van der Waals surface area contributed by atoms with E-state index in [1.54, 1.807) is 26.8 Å². The number of alkyl carbamates (subject to hydrolysis) is 1. The molecule has 0 aliphatic carbocycles. The van der Waals surface area contributed by atoms with Crippen LogP contribution in [0.5, 0.6) is 5.75 Å². The molecule has 1 atom stereocenters. The van der Waals surface area contributed by atoms with E-state index in [-0.39, 0.29) is 6.61 Å². The molecule has 6 heteroatoms. The van der Waals surface area contributed by atoms with Crippen LogP contribution in [0.3, 0.4) is 0 Å². The summed E-state index contributed by atoms with van der Waals surface area (Å²) >= 11 is 0. The maximum Gasteiger partial charge on any atom is 0.407 e. The molecule has 24 heavy (non-hydrogen) atoms. The number of carbonyl (C=O) groups excluding carboxylic acids is 1. The van der Waals surface area contributed by atoms with Crippen LogP contribution in [0.4, 0.5) is 9.18 Å². The van der Waals surface area contributed by atoms with Gasteiger partial charge >= 0.3 is 6.09 Å². The monoisotopic (exact) mass is 339 g/mol. The van der Waals surface area contributed by atoms with Gasteiger partial charge in [0.25, 0.3) is 0 Å². The molecule has 2 N–H and O–H groups in total. The van der Waals surface area contributed by atoms with E-state index in [4.69, 9.17) is 14.6 Å². The van der Waals surface area contributed by atoms with Crippen molar-refractivity contribution in [2.45, 2.75) is 45.3 Å². The van der Waals surface area contributed by atoms with Gasteiger partial charge in [-0.05, 0) is 51.3 Å². The zero-order valence-electron chi connectivity index (χ0n) is 14.5. The van der Waals surface area contributed by atoms with Crippen LogP contribution >= 0.6 is 0 Å². The standard InChI is InChI=1S/C18H26FNO4/c1-5-15(12-21)23-16-11-14(19)9-8-13(16)7-6-10-20-17(22)24-18(2,3)4/h5,8-9,11,15,21H,1,6-7,10,12H2,2-4H3,(H,20,22)/t15-/m1/s1. The van der Waals surface area contributed by atoms with Gasteiger partial charge in [-0.25, -0.2) is 9.18 Å². The fourth-order valence-electron chi connectivity index (χ4n) is 1.95. The molecule has 1 amide bonds. The SMILES string of the molecule is C=C[C@H](CO)Oc1cc(F)ccc1CCCNC(=O)OC(C)(C)C. The summed E-state index contributed by atoms with van der Waals surface area (Å²) in [7, 11) is 0. The fourth-order valence-corrected chi connectivity index (χ4v) is 1.95. The Hall–Kier alpha value is -2.08. The molecule has 0 unspecified atom stereocenters. The number of aliphatic hydroxyl groups is 1. The first-order chi connectivity index (χ1) is 11.2. The van der Waals surface area contributed by atoms with Gasteiger partial charge < -0.3 is 19.9 Å². The molecule has 0 aliphatic heterocycles. The molecule has 0 bridgehead atoms. The second kappa shape index (κ2) is 9.27. The van der Waals surface area contributed by atoms with Crippen molar-refractivity contribution in [2.24, 2.45) is 0 Å². The largest absolute Gasteiger partial charge is 0.484 e. The Kier molecular flexibility index (Phi) is 7.71. The van der Waals surface area contributed by atoms with Gasteiger partial charge in [0, 0.05) is 12.6 Å². The summed E-state index contributed by atoms with van der Waals surface area (Å²) in [6, 6.07) is 4.27. The number of hydrogen-bond acceptors (Lipinski definition) is 4. The van der Waals surface area contributed by atoms with Gasteiger partial charge in [-0.1, -0.05) is 12.6 Å². The van der Waals surface area contributed by atoms with Crippen molar-refractivity contribution in [1.82, 2.24) is 5.32 Å². The zero-order chi connectivity index (χ0) is 18.2. The molecule has 0 radical (unpaired) electrons. The second-order valence-corrected chi connectivity index (χ2v) is 6.36. The average molecular weight is 339 g/mol. The van der Waals surface area contributed by atoms with Crippen LogP contribution in [-0.2, 0) is 11.2 Å². The molecule has 0 aromatic heterocycles. The number of hydrogen-bond donors (Lipinski definition) is 2. The molecule has 0 fully saturated rings. The van der Waals surface area contributed by atoms with Crippen LogP contribution in [0, 0.1) is 5.82 Å². The molecular formula is C18H26FNO4. The summed E-state index contributed by atoms with van der Waals surface area (Å²) in [5, 5.41) is 11.8. The van der Waals surface area contributed by atoms with Crippen molar-refractivity contribution in [3.63, 3.8) is 0 Å². The lowest BCUT2D eigenvalue weighted by atomic mass is 10.1. The zero-order valence-corrected chi connectivity index (χ0v) is 14.5. The fraction of sp³-hybridized carbons (Fsp3) is 0.500. The molecule has 1 aromatic rings. The quantitative estimate of drug-likeness (QED) is 0.564. The Labute approximate surface area is 142 Å². The van der Waals surface area contributed by atoms with Gasteiger partial charge in [-0.15, -0.1) is 0 Å². The first kappa shape index (κ1) is 20.0. The molecule has 0 heterocycles. The van der Waals surface area contributed by atoms with Crippen LogP contribution in [0.15, 0.2) is 30.9 Å². The van der Waals surface area contributed by atoms with Crippen molar-refractivity contribution in [3.8, 4) is 5.75 Å². The number of carbonyl (C=O) groups is 1. The Morgan fingerprint density at radius 3 is 2.75 bits per heavy atom. The third-order valence-corrected chi connectivity index (χ3v) is 3.04. The van der Waals surface area contributed by atoms with Crippen molar-refractivity contribution < 1.29 is 23.8 Å². The summed E-state index contributed by atoms with van der Waals surface area (Å²) in [5.41, 5.74) is 0.258. The number of benzene rings is 1. The van der Waals surface area contributed by atoms with Gasteiger partial charge in [-0.2, -0.15) is 0 Å². The van der Waals surface area contributed by atoms with E-state index < -0.39 is 23.6 Å². The van der Waals surface area contributed by atoms with Crippen LogP contribution < -0.4 is 10.1 Å². The van der Waals surface area contributed by atoms with Crippen LogP contribution in [0.25, 0.3) is 0 Å². The van der Waals surface area contributed by atoms with E-state index in [1.165, 1.54) is 18.2 Å². The molecule has 0 saturated carbocycles. The minimum atomic E-state index is -0.592. The molecule has 0 saturated heterocycles. The van der Waals surface area contributed by atoms with Gasteiger partial charge in [0.2, 0.25) is 0 Å². The maximum atomic E-state index is 13.4. The lowest BCUT2D eigenvalue weighted by molar-refractivity contribution is 0.0527. The van der Waals surface area contributed by atoms with Gasteiger partial charge in [0.15, 0.2) is 0 Å². The van der Waals surface area contributed by atoms with E-state index >= 15 is 0 Å². The summed E-state index contributed by atoms with van der Waals surface area (Å²) in [4.78, 5) is 11.6. The molecule has 0 aliphatic rings. The molecule has 1 aromatic carbocycles. The van der Waals surface area contributed by atoms with E-state index in [1.807, 2.05) is 0 Å². The van der Waals surface area contributed by atoms with Gasteiger partial charge in [0.05, 0.1) is 6.61 Å². The normalized spacial score (nSPS) is 12.4. The number of nitrogens with one attached hydrogen (secondary N) is 1. The Morgan fingerprint density at radius 1 is 1.46 bits per heavy atom.